The Morgan fingerprint density at radius 1 is 1.24 bits per heavy atom. The number of thiazole rings is 1. The van der Waals surface area contributed by atoms with Crippen molar-refractivity contribution in [3.8, 4) is 10.6 Å². The molecular weight excluding hydrogens is 283 g/mol. The Balaban J connectivity index is 1.84. The van der Waals surface area contributed by atoms with Gasteiger partial charge in [0.25, 0.3) is 0 Å². The quantitative estimate of drug-likeness (QED) is 0.694. The van der Waals surface area contributed by atoms with Crippen LogP contribution in [-0.4, -0.2) is 11.0 Å². The van der Waals surface area contributed by atoms with E-state index < -0.39 is 0 Å². The van der Waals surface area contributed by atoms with Gasteiger partial charge in [-0.3, -0.25) is 0 Å². The largest absolute Gasteiger partial charge is 0.309 e. The average molecular weight is 306 g/mol. The van der Waals surface area contributed by atoms with Crippen molar-refractivity contribution in [2.75, 3.05) is 0 Å². The van der Waals surface area contributed by atoms with E-state index in [0.717, 1.165) is 22.8 Å². The van der Waals surface area contributed by atoms with Crippen molar-refractivity contribution in [2.45, 2.75) is 52.1 Å². The zero-order valence-corrected chi connectivity index (χ0v) is 13.5. The van der Waals surface area contributed by atoms with Gasteiger partial charge in [-0.1, -0.05) is 26.2 Å². The standard InChI is InChI=1S/C17H23FN2S/c1-3-4-5-6-13(2)19-11-16-12-21-17(20-16)14-7-9-15(18)10-8-14/h7-10,12-13,19H,3-6,11H2,1-2H3. The van der Waals surface area contributed by atoms with Gasteiger partial charge in [-0.15, -0.1) is 11.3 Å². The summed E-state index contributed by atoms with van der Waals surface area (Å²) in [6.45, 7) is 5.25. The van der Waals surface area contributed by atoms with Gasteiger partial charge in [0.2, 0.25) is 0 Å². The molecule has 1 atom stereocenters. The van der Waals surface area contributed by atoms with E-state index in [1.807, 2.05) is 0 Å². The van der Waals surface area contributed by atoms with Gasteiger partial charge in [-0.05, 0) is 37.6 Å². The molecule has 1 N–H and O–H groups in total. The van der Waals surface area contributed by atoms with Crippen LogP contribution >= 0.6 is 11.3 Å². The lowest BCUT2D eigenvalue weighted by molar-refractivity contribution is 0.485. The third kappa shape index (κ3) is 5.21. The molecule has 0 spiro atoms. The van der Waals surface area contributed by atoms with E-state index in [0.29, 0.717) is 6.04 Å². The van der Waals surface area contributed by atoms with Crippen LogP contribution in [0.2, 0.25) is 0 Å². The Morgan fingerprint density at radius 2 is 2.00 bits per heavy atom. The maximum atomic E-state index is 12.9. The Bertz CT molecular complexity index is 536. The van der Waals surface area contributed by atoms with Gasteiger partial charge in [-0.2, -0.15) is 0 Å². The lowest BCUT2D eigenvalue weighted by Gasteiger charge is -2.12. The monoisotopic (exact) mass is 306 g/mol. The minimum atomic E-state index is -0.210. The molecule has 1 aromatic heterocycles. The zero-order valence-electron chi connectivity index (χ0n) is 12.7. The molecule has 0 aliphatic carbocycles. The molecule has 1 unspecified atom stereocenters. The second-order valence-corrected chi connectivity index (χ2v) is 6.29. The SMILES string of the molecule is CCCCCC(C)NCc1csc(-c2ccc(F)cc2)n1. The molecule has 1 aromatic carbocycles. The minimum absolute atomic E-state index is 0.210. The van der Waals surface area contributed by atoms with Crippen LogP contribution in [0, 0.1) is 5.82 Å². The highest BCUT2D eigenvalue weighted by Crippen LogP contribution is 2.23. The van der Waals surface area contributed by atoms with Crippen molar-refractivity contribution >= 4 is 11.3 Å². The number of hydrogen-bond acceptors (Lipinski definition) is 3. The van der Waals surface area contributed by atoms with E-state index in [1.165, 1.54) is 37.8 Å². The molecule has 0 bridgehead atoms. The Labute approximate surface area is 130 Å². The molecule has 4 heteroatoms. The Kier molecular flexibility index (Phi) is 6.33. The average Bonchev–Trinajstić information content (AvgIpc) is 2.95. The highest BCUT2D eigenvalue weighted by atomic mass is 32.1. The fraction of sp³-hybridized carbons (Fsp3) is 0.471. The Morgan fingerprint density at radius 3 is 2.71 bits per heavy atom. The molecule has 21 heavy (non-hydrogen) atoms. The van der Waals surface area contributed by atoms with Crippen molar-refractivity contribution < 1.29 is 4.39 Å². The number of nitrogens with one attached hydrogen (secondary N) is 1. The van der Waals surface area contributed by atoms with Crippen LogP contribution in [0.4, 0.5) is 4.39 Å². The van der Waals surface area contributed by atoms with Crippen LogP contribution in [-0.2, 0) is 6.54 Å². The van der Waals surface area contributed by atoms with Crippen molar-refractivity contribution in [1.29, 1.82) is 0 Å². The second-order valence-electron chi connectivity index (χ2n) is 5.43. The summed E-state index contributed by atoms with van der Waals surface area (Å²) in [6.07, 6.45) is 5.06. The number of benzene rings is 1. The van der Waals surface area contributed by atoms with Crippen LogP contribution in [0.3, 0.4) is 0 Å². The predicted molar refractivity (Wildman–Crippen MR) is 88.0 cm³/mol. The molecule has 2 nitrogen and oxygen atoms in total. The number of nitrogens with zero attached hydrogens (tertiary/aromatic N) is 1. The van der Waals surface area contributed by atoms with Gasteiger partial charge in [0.15, 0.2) is 0 Å². The van der Waals surface area contributed by atoms with Crippen molar-refractivity contribution in [3.63, 3.8) is 0 Å². The number of halogens is 1. The summed E-state index contributed by atoms with van der Waals surface area (Å²) in [5.74, 6) is -0.210. The summed E-state index contributed by atoms with van der Waals surface area (Å²) in [6, 6.07) is 7.03. The fourth-order valence-corrected chi connectivity index (χ4v) is 3.02. The molecule has 114 valence electrons. The molecule has 0 fully saturated rings. The number of aromatic nitrogens is 1. The summed E-state index contributed by atoms with van der Waals surface area (Å²) in [4.78, 5) is 4.61. The topological polar surface area (TPSA) is 24.9 Å². The van der Waals surface area contributed by atoms with Gasteiger partial charge in [0, 0.05) is 23.5 Å². The van der Waals surface area contributed by atoms with E-state index in [4.69, 9.17) is 0 Å². The van der Waals surface area contributed by atoms with Gasteiger partial charge in [-0.25, -0.2) is 9.37 Å². The smallest absolute Gasteiger partial charge is 0.123 e. The van der Waals surface area contributed by atoms with Gasteiger partial charge < -0.3 is 5.32 Å². The highest BCUT2D eigenvalue weighted by Gasteiger charge is 2.06. The summed E-state index contributed by atoms with van der Waals surface area (Å²) >= 11 is 1.61. The van der Waals surface area contributed by atoms with E-state index in [2.05, 4.69) is 29.5 Å². The molecule has 0 aliphatic heterocycles. The van der Waals surface area contributed by atoms with E-state index in [9.17, 15) is 4.39 Å². The normalized spacial score (nSPS) is 12.5. The predicted octanol–water partition coefficient (Wildman–Crippen LogP) is 5.01. The lowest BCUT2D eigenvalue weighted by Crippen LogP contribution is -2.25. The maximum absolute atomic E-state index is 12.9. The molecule has 1 heterocycles. The van der Waals surface area contributed by atoms with Gasteiger partial charge in [0.05, 0.1) is 5.69 Å². The highest BCUT2D eigenvalue weighted by molar-refractivity contribution is 7.13. The summed E-state index contributed by atoms with van der Waals surface area (Å²) in [7, 11) is 0. The first-order chi connectivity index (χ1) is 10.2. The van der Waals surface area contributed by atoms with E-state index in [-0.39, 0.29) is 5.82 Å². The van der Waals surface area contributed by atoms with E-state index in [1.54, 1.807) is 23.5 Å². The summed E-state index contributed by atoms with van der Waals surface area (Å²) in [5.41, 5.74) is 2.03. The molecule has 0 saturated carbocycles. The minimum Gasteiger partial charge on any atom is -0.309 e. The number of rotatable bonds is 8. The molecular formula is C17H23FN2S. The molecule has 0 saturated heterocycles. The molecule has 2 rings (SSSR count). The van der Waals surface area contributed by atoms with Gasteiger partial charge >= 0.3 is 0 Å². The van der Waals surface area contributed by atoms with Crippen molar-refractivity contribution in [1.82, 2.24) is 10.3 Å². The molecule has 0 aliphatic rings. The third-order valence-corrected chi connectivity index (χ3v) is 4.46. The molecule has 2 aromatic rings. The van der Waals surface area contributed by atoms with Crippen LogP contribution in [0.5, 0.6) is 0 Å². The fourth-order valence-electron chi connectivity index (χ4n) is 2.19. The van der Waals surface area contributed by atoms with Crippen LogP contribution in [0.1, 0.15) is 45.2 Å². The summed E-state index contributed by atoms with van der Waals surface area (Å²) < 4.78 is 12.9. The second kappa shape index (κ2) is 8.25. The maximum Gasteiger partial charge on any atom is 0.123 e. The third-order valence-electron chi connectivity index (χ3n) is 3.52. The van der Waals surface area contributed by atoms with Crippen molar-refractivity contribution in [3.05, 3.63) is 41.2 Å². The first-order valence-corrected chi connectivity index (χ1v) is 8.50. The number of unbranched alkanes of at least 4 members (excludes halogenated alkanes) is 2. The van der Waals surface area contributed by atoms with E-state index >= 15 is 0 Å². The van der Waals surface area contributed by atoms with Crippen LogP contribution < -0.4 is 5.32 Å². The summed E-state index contributed by atoms with van der Waals surface area (Å²) in [5, 5.41) is 6.54. The number of hydrogen-bond donors (Lipinski definition) is 1. The molecule has 0 radical (unpaired) electrons. The lowest BCUT2D eigenvalue weighted by atomic mass is 10.1. The Hall–Kier alpha value is -1.26. The van der Waals surface area contributed by atoms with Crippen LogP contribution in [0.25, 0.3) is 10.6 Å². The first-order valence-electron chi connectivity index (χ1n) is 7.62. The van der Waals surface area contributed by atoms with Crippen LogP contribution in [0.15, 0.2) is 29.6 Å². The zero-order chi connectivity index (χ0) is 15.1. The van der Waals surface area contributed by atoms with Gasteiger partial charge in [0.1, 0.15) is 10.8 Å². The van der Waals surface area contributed by atoms with Crippen molar-refractivity contribution in [2.24, 2.45) is 0 Å². The molecule has 0 amide bonds. The first kappa shape index (κ1) is 16.1.